The number of aromatic nitrogens is 1. The van der Waals surface area contributed by atoms with Crippen LogP contribution in [0.2, 0.25) is 0 Å². The molecule has 2 amide bonds. The zero-order valence-corrected chi connectivity index (χ0v) is 19.4. The van der Waals surface area contributed by atoms with E-state index in [1.165, 1.54) is 6.20 Å². The number of nitrogens with zero attached hydrogens (tertiary/aromatic N) is 4. The van der Waals surface area contributed by atoms with Crippen LogP contribution in [0.5, 0.6) is 0 Å². The lowest BCUT2D eigenvalue weighted by Gasteiger charge is -2.33. The second kappa shape index (κ2) is 9.32. The van der Waals surface area contributed by atoms with E-state index in [0.717, 1.165) is 59.5 Å². The molecule has 8 nitrogen and oxygen atoms in total. The van der Waals surface area contributed by atoms with Gasteiger partial charge in [-0.3, -0.25) is 14.6 Å². The number of amides is 2. The molecule has 0 radical (unpaired) electrons. The van der Waals surface area contributed by atoms with Crippen molar-refractivity contribution in [2.45, 2.75) is 33.1 Å². The third-order valence-electron chi connectivity index (χ3n) is 5.89. The van der Waals surface area contributed by atoms with Crippen LogP contribution in [-0.4, -0.2) is 65.0 Å². The van der Waals surface area contributed by atoms with E-state index in [2.05, 4.69) is 43.3 Å². The predicted octanol–water partition coefficient (Wildman–Crippen LogP) is 2.99. The predicted molar refractivity (Wildman–Crippen MR) is 120 cm³/mol. The van der Waals surface area contributed by atoms with E-state index in [1.54, 1.807) is 12.3 Å². The minimum Gasteiger partial charge on any atom is -0.455 e. The fourth-order valence-corrected chi connectivity index (χ4v) is 4.48. The lowest BCUT2D eigenvalue weighted by Crippen LogP contribution is -2.48. The number of pyridine rings is 1. The van der Waals surface area contributed by atoms with E-state index in [0.29, 0.717) is 30.8 Å². The normalized spacial score (nSPS) is 18.2. The molecule has 1 saturated heterocycles. The van der Waals surface area contributed by atoms with Crippen molar-refractivity contribution in [2.24, 2.45) is 5.10 Å². The fraction of sp³-hybridized carbons (Fsp3) is 0.455. The first kappa shape index (κ1) is 21.7. The number of hydrazone groups is 1. The Kier molecular flexibility index (Phi) is 6.52. The monoisotopic (exact) mass is 487 g/mol. The van der Waals surface area contributed by atoms with Gasteiger partial charge in [0, 0.05) is 60.6 Å². The smallest absolute Gasteiger partial charge is 0.289 e. The average molecular weight is 488 g/mol. The molecule has 31 heavy (non-hydrogen) atoms. The summed E-state index contributed by atoms with van der Waals surface area (Å²) in [4.78, 5) is 33.8. The Labute approximate surface area is 189 Å². The molecule has 1 aliphatic carbocycles. The highest BCUT2D eigenvalue weighted by atomic mass is 79.9. The van der Waals surface area contributed by atoms with Crippen molar-refractivity contribution in [2.75, 3.05) is 32.7 Å². The molecular formula is C22H26BrN5O3. The van der Waals surface area contributed by atoms with Gasteiger partial charge in [0.1, 0.15) is 5.76 Å². The Morgan fingerprint density at radius 2 is 2.00 bits per heavy atom. The number of nitrogens with one attached hydrogen (secondary N) is 1. The van der Waals surface area contributed by atoms with Crippen LogP contribution in [0.4, 0.5) is 0 Å². The summed E-state index contributed by atoms with van der Waals surface area (Å²) in [6.45, 7) is 8.20. The van der Waals surface area contributed by atoms with E-state index >= 15 is 0 Å². The molecule has 2 aromatic heterocycles. The van der Waals surface area contributed by atoms with Crippen LogP contribution in [0.25, 0.3) is 0 Å². The van der Waals surface area contributed by atoms with Crippen LogP contribution in [0.1, 0.15) is 57.6 Å². The molecule has 0 unspecified atom stereocenters. The SMILES string of the molecule is CCN1CCN(C(=O)c2oc3c(c2C)/C(=N/NC(=O)c2cncc(Br)c2)CCC3)CC1. The van der Waals surface area contributed by atoms with Crippen molar-refractivity contribution in [1.29, 1.82) is 0 Å². The summed E-state index contributed by atoms with van der Waals surface area (Å²) in [5.74, 6) is 0.773. The Bertz CT molecular complexity index is 1020. The summed E-state index contributed by atoms with van der Waals surface area (Å²) in [5, 5.41) is 4.38. The van der Waals surface area contributed by atoms with E-state index in [1.807, 2.05) is 11.8 Å². The van der Waals surface area contributed by atoms with Gasteiger partial charge < -0.3 is 14.2 Å². The minimum absolute atomic E-state index is 0.0637. The Morgan fingerprint density at radius 3 is 2.71 bits per heavy atom. The first-order valence-electron chi connectivity index (χ1n) is 10.6. The number of halogens is 1. The summed E-state index contributed by atoms with van der Waals surface area (Å²) in [6, 6.07) is 1.69. The van der Waals surface area contributed by atoms with Gasteiger partial charge in [-0.2, -0.15) is 5.10 Å². The maximum absolute atomic E-state index is 13.1. The Balaban J connectivity index is 1.53. The number of aryl methyl sites for hydroxylation is 1. The maximum Gasteiger partial charge on any atom is 0.289 e. The molecule has 2 aromatic rings. The number of piperazine rings is 1. The molecule has 2 aliphatic rings. The minimum atomic E-state index is -0.334. The molecule has 0 atom stereocenters. The van der Waals surface area contributed by atoms with E-state index in [9.17, 15) is 9.59 Å². The molecule has 1 N–H and O–H groups in total. The molecule has 0 spiro atoms. The zero-order chi connectivity index (χ0) is 22.0. The van der Waals surface area contributed by atoms with Crippen molar-refractivity contribution in [1.82, 2.24) is 20.2 Å². The van der Waals surface area contributed by atoms with Gasteiger partial charge in [0.15, 0.2) is 5.76 Å². The van der Waals surface area contributed by atoms with Crippen LogP contribution < -0.4 is 5.43 Å². The number of hydrogen-bond acceptors (Lipinski definition) is 6. The largest absolute Gasteiger partial charge is 0.455 e. The quantitative estimate of drug-likeness (QED) is 0.669. The van der Waals surface area contributed by atoms with Gasteiger partial charge in [0.25, 0.3) is 11.8 Å². The third kappa shape index (κ3) is 4.57. The molecule has 1 fully saturated rings. The maximum atomic E-state index is 13.1. The average Bonchev–Trinajstić information content (AvgIpc) is 3.14. The van der Waals surface area contributed by atoms with E-state index in [-0.39, 0.29) is 11.8 Å². The summed E-state index contributed by atoms with van der Waals surface area (Å²) in [6.07, 6.45) is 5.44. The van der Waals surface area contributed by atoms with Crippen molar-refractivity contribution >= 4 is 33.5 Å². The molecule has 164 valence electrons. The highest BCUT2D eigenvalue weighted by Gasteiger charge is 2.31. The number of rotatable bonds is 4. The van der Waals surface area contributed by atoms with Gasteiger partial charge in [-0.1, -0.05) is 6.92 Å². The highest BCUT2D eigenvalue weighted by molar-refractivity contribution is 9.10. The number of carbonyl (C=O) groups excluding carboxylic acids is 2. The topological polar surface area (TPSA) is 91.0 Å². The van der Waals surface area contributed by atoms with Crippen LogP contribution in [0.3, 0.4) is 0 Å². The van der Waals surface area contributed by atoms with Gasteiger partial charge in [-0.15, -0.1) is 0 Å². The standard InChI is InChI=1S/C22H26BrN5O3/c1-3-27-7-9-28(10-8-27)22(30)20-14(2)19-17(5-4-6-18(19)31-20)25-26-21(29)15-11-16(23)13-24-12-15/h11-13H,3-10H2,1-2H3,(H,26,29)/b25-17+. The van der Waals surface area contributed by atoms with Gasteiger partial charge >= 0.3 is 0 Å². The molecule has 9 heteroatoms. The van der Waals surface area contributed by atoms with Crippen molar-refractivity contribution in [3.63, 3.8) is 0 Å². The van der Waals surface area contributed by atoms with Gasteiger partial charge in [0.2, 0.25) is 0 Å². The molecule has 3 heterocycles. The van der Waals surface area contributed by atoms with Gasteiger partial charge in [-0.25, -0.2) is 5.43 Å². The second-order valence-corrected chi connectivity index (χ2v) is 8.74. The third-order valence-corrected chi connectivity index (χ3v) is 6.32. The van der Waals surface area contributed by atoms with Crippen LogP contribution in [0, 0.1) is 6.92 Å². The van der Waals surface area contributed by atoms with E-state index in [4.69, 9.17) is 4.42 Å². The highest BCUT2D eigenvalue weighted by Crippen LogP contribution is 2.30. The zero-order valence-electron chi connectivity index (χ0n) is 17.8. The molecule has 4 rings (SSSR count). The van der Waals surface area contributed by atoms with Crippen molar-refractivity contribution in [3.8, 4) is 0 Å². The van der Waals surface area contributed by atoms with Crippen molar-refractivity contribution in [3.05, 3.63) is 51.1 Å². The van der Waals surface area contributed by atoms with E-state index < -0.39 is 0 Å². The lowest BCUT2D eigenvalue weighted by molar-refractivity contribution is 0.0609. The summed E-state index contributed by atoms with van der Waals surface area (Å²) in [7, 11) is 0. The number of fused-ring (bicyclic) bond motifs is 1. The number of hydrogen-bond donors (Lipinski definition) is 1. The molecule has 0 saturated carbocycles. The Hall–Kier alpha value is -2.52. The number of furan rings is 1. The molecule has 0 bridgehead atoms. The first-order valence-corrected chi connectivity index (χ1v) is 11.4. The van der Waals surface area contributed by atoms with Gasteiger partial charge in [0.05, 0.1) is 11.3 Å². The number of carbonyl (C=O) groups is 2. The second-order valence-electron chi connectivity index (χ2n) is 7.83. The Morgan fingerprint density at radius 1 is 1.23 bits per heavy atom. The number of likely N-dealkylation sites (N-methyl/N-ethyl adjacent to an activating group) is 1. The fourth-order valence-electron chi connectivity index (χ4n) is 4.11. The van der Waals surface area contributed by atoms with Crippen LogP contribution in [0.15, 0.2) is 32.5 Å². The van der Waals surface area contributed by atoms with Gasteiger partial charge in [-0.05, 0) is 48.3 Å². The summed E-state index contributed by atoms with van der Waals surface area (Å²) < 4.78 is 6.75. The van der Waals surface area contributed by atoms with Crippen LogP contribution in [-0.2, 0) is 6.42 Å². The first-order chi connectivity index (χ1) is 15.0. The molecule has 1 aliphatic heterocycles. The summed E-state index contributed by atoms with van der Waals surface area (Å²) in [5.41, 5.74) is 5.44. The molecular weight excluding hydrogens is 462 g/mol. The van der Waals surface area contributed by atoms with Crippen molar-refractivity contribution < 1.29 is 14.0 Å². The summed E-state index contributed by atoms with van der Waals surface area (Å²) >= 11 is 3.32. The van der Waals surface area contributed by atoms with Crippen LogP contribution >= 0.6 is 15.9 Å². The lowest BCUT2D eigenvalue weighted by atomic mass is 9.93. The molecule has 0 aromatic carbocycles.